The third kappa shape index (κ3) is 4.86. The average Bonchev–Trinajstić information content (AvgIpc) is 2.73. The summed E-state index contributed by atoms with van der Waals surface area (Å²) in [6, 6.07) is 11.6. The number of allylic oxidation sites excluding steroid dienone is 1. The zero-order valence-corrected chi connectivity index (χ0v) is 17.7. The highest BCUT2D eigenvalue weighted by Crippen LogP contribution is 2.35. The summed E-state index contributed by atoms with van der Waals surface area (Å²) in [4.78, 5) is 24.3. The fourth-order valence-corrected chi connectivity index (χ4v) is 3.28. The van der Waals surface area contributed by atoms with Crippen LogP contribution < -0.4 is 20.1 Å². The number of benzene rings is 2. The van der Waals surface area contributed by atoms with Gasteiger partial charge >= 0.3 is 12.0 Å². The lowest BCUT2D eigenvalue weighted by molar-refractivity contribution is -0.136. The van der Waals surface area contributed by atoms with E-state index in [9.17, 15) is 9.59 Å². The molecule has 2 N–H and O–H groups in total. The lowest BCUT2D eigenvalue weighted by Crippen LogP contribution is -2.45. The van der Waals surface area contributed by atoms with Gasteiger partial charge in [-0.1, -0.05) is 29.8 Å². The van der Waals surface area contributed by atoms with Gasteiger partial charge < -0.3 is 24.8 Å². The van der Waals surface area contributed by atoms with E-state index in [-0.39, 0.29) is 0 Å². The molecule has 0 fully saturated rings. The Morgan fingerprint density at radius 3 is 2.50 bits per heavy atom. The van der Waals surface area contributed by atoms with Crippen molar-refractivity contribution in [2.75, 3.05) is 13.7 Å². The molecule has 0 spiro atoms. The van der Waals surface area contributed by atoms with Crippen LogP contribution in [0.4, 0.5) is 4.79 Å². The molecule has 158 valence electrons. The molecule has 1 unspecified atom stereocenters. The van der Waals surface area contributed by atoms with E-state index in [4.69, 9.17) is 25.8 Å². The van der Waals surface area contributed by atoms with Crippen molar-refractivity contribution in [3.8, 4) is 11.5 Å². The summed E-state index contributed by atoms with van der Waals surface area (Å²) < 4.78 is 16.6. The van der Waals surface area contributed by atoms with E-state index in [1.54, 1.807) is 37.3 Å². The Hall–Kier alpha value is -3.19. The smallest absolute Gasteiger partial charge is 0.337 e. The first-order valence-corrected chi connectivity index (χ1v) is 9.81. The second-order valence-electron chi connectivity index (χ2n) is 6.62. The molecule has 0 radical (unpaired) electrons. The zero-order valence-electron chi connectivity index (χ0n) is 17.0. The van der Waals surface area contributed by atoms with Crippen LogP contribution in [0.3, 0.4) is 0 Å². The summed E-state index contributed by atoms with van der Waals surface area (Å²) in [5.74, 6) is 0.542. The molecule has 8 heteroatoms. The number of esters is 1. The summed E-state index contributed by atoms with van der Waals surface area (Å²) >= 11 is 5.92. The molecule has 1 aliphatic rings. The van der Waals surface area contributed by atoms with Gasteiger partial charge in [-0.25, -0.2) is 9.59 Å². The van der Waals surface area contributed by atoms with Gasteiger partial charge in [0.1, 0.15) is 6.61 Å². The van der Waals surface area contributed by atoms with Crippen molar-refractivity contribution in [1.29, 1.82) is 0 Å². The molecule has 30 heavy (non-hydrogen) atoms. The van der Waals surface area contributed by atoms with Crippen LogP contribution in [0.25, 0.3) is 0 Å². The van der Waals surface area contributed by atoms with E-state index >= 15 is 0 Å². The van der Waals surface area contributed by atoms with Gasteiger partial charge in [-0.05, 0) is 49.2 Å². The van der Waals surface area contributed by atoms with Crippen LogP contribution in [0.5, 0.6) is 11.5 Å². The third-order valence-corrected chi connectivity index (χ3v) is 4.83. The number of halogens is 1. The van der Waals surface area contributed by atoms with Crippen molar-refractivity contribution in [3.63, 3.8) is 0 Å². The number of nitrogens with one attached hydrogen (secondary N) is 2. The summed E-state index contributed by atoms with van der Waals surface area (Å²) in [6.07, 6.45) is 0. The van der Waals surface area contributed by atoms with Gasteiger partial charge in [0.2, 0.25) is 0 Å². The maximum atomic E-state index is 12.3. The highest BCUT2D eigenvalue weighted by molar-refractivity contribution is 6.30. The lowest BCUT2D eigenvalue weighted by Gasteiger charge is -2.28. The Balaban J connectivity index is 1.89. The average molecular weight is 431 g/mol. The fourth-order valence-electron chi connectivity index (χ4n) is 3.16. The lowest BCUT2D eigenvalue weighted by atomic mass is 9.95. The van der Waals surface area contributed by atoms with Crippen LogP contribution in [0, 0.1) is 0 Å². The Labute approximate surface area is 180 Å². The molecule has 1 aliphatic heterocycles. The number of methoxy groups -OCH3 is 1. The van der Waals surface area contributed by atoms with Crippen molar-refractivity contribution in [2.24, 2.45) is 0 Å². The molecular weight excluding hydrogens is 408 g/mol. The van der Waals surface area contributed by atoms with Gasteiger partial charge in [0.15, 0.2) is 11.5 Å². The molecular formula is C22H23ClN2O5. The van der Waals surface area contributed by atoms with E-state index in [2.05, 4.69) is 10.6 Å². The van der Waals surface area contributed by atoms with Gasteiger partial charge in [0.05, 0.1) is 25.3 Å². The van der Waals surface area contributed by atoms with Crippen LogP contribution >= 0.6 is 11.6 Å². The highest BCUT2D eigenvalue weighted by Gasteiger charge is 2.32. The quantitative estimate of drug-likeness (QED) is 0.645. The molecule has 0 saturated carbocycles. The number of hydrogen-bond acceptors (Lipinski definition) is 5. The number of rotatable bonds is 7. The van der Waals surface area contributed by atoms with Crippen LogP contribution in [-0.4, -0.2) is 25.7 Å². The molecule has 1 heterocycles. The molecule has 2 aromatic carbocycles. The molecule has 3 rings (SSSR count). The van der Waals surface area contributed by atoms with Gasteiger partial charge in [-0.3, -0.25) is 0 Å². The SMILES string of the molecule is CCOc1cc(C2NC(=O)NC(C)=C2C(=O)OC)ccc1OCc1ccc(Cl)cc1. The minimum absolute atomic E-state index is 0.328. The van der Waals surface area contributed by atoms with Gasteiger partial charge in [-0.15, -0.1) is 0 Å². The molecule has 0 aromatic heterocycles. The second-order valence-corrected chi connectivity index (χ2v) is 7.05. The Bertz CT molecular complexity index is 972. The Kier molecular flexibility index (Phi) is 6.84. The van der Waals surface area contributed by atoms with Gasteiger partial charge in [-0.2, -0.15) is 0 Å². The molecule has 0 aliphatic carbocycles. The maximum Gasteiger partial charge on any atom is 0.337 e. The predicted molar refractivity (Wildman–Crippen MR) is 113 cm³/mol. The highest BCUT2D eigenvalue weighted by atomic mass is 35.5. The standard InChI is InChI=1S/C22H23ClN2O5/c1-4-29-18-11-15(20-19(21(26)28-3)13(2)24-22(27)25-20)7-10-17(18)30-12-14-5-8-16(23)9-6-14/h5-11,20H,4,12H2,1-3H3,(H2,24,25,27). The number of urea groups is 1. The molecule has 1 atom stereocenters. The van der Waals surface area contributed by atoms with Crippen molar-refractivity contribution in [1.82, 2.24) is 10.6 Å². The molecule has 0 bridgehead atoms. The number of amides is 2. The summed E-state index contributed by atoms with van der Waals surface area (Å²) in [5, 5.41) is 6.02. The minimum Gasteiger partial charge on any atom is -0.490 e. The number of hydrogen-bond donors (Lipinski definition) is 2. The third-order valence-electron chi connectivity index (χ3n) is 4.58. The number of carbonyl (C=O) groups is 2. The summed E-state index contributed by atoms with van der Waals surface area (Å²) in [6.45, 7) is 4.29. The Morgan fingerprint density at radius 2 is 1.83 bits per heavy atom. The predicted octanol–water partition coefficient (Wildman–Crippen LogP) is 4.12. The first kappa shape index (κ1) is 21.5. The normalized spacial score (nSPS) is 15.9. The number of carbonyl (C=O) groups excluding carboxylic acids is 2. The summed E-state index contributed by atoms with van der Waals surface area (Å²) in [5.41, 5.74) is 2.40. The van der Waals surface area contributed by atoms with Crippen molar-refractivity contribution in [2.45, 2.75) is 26.5 Å². The van der Waals surface area contributed by atoms with Crippen LogP contribution in [-0.2, 0) is 16.1 Å². The van der Waals surface area contributed by atoms with E-state index in [0.29, 0.717) is 46.6 Å². The molecule has 0 saturated heterocycles. The Morgan fingerprint density at radius 1 is 1.10 bits per heavy atom. The van der Waals surface area contributed by atoms with E-state index in [1.165, 1.54) is 7.11 Å². The molecule has 7 nitrogen and oxygen atoms in total. The fraction of sp³-hybridized carbons (Fsp3) is 0.273. The molecule has 2 amide bonds. The first-order valence-electron chi connectivity index (χ1n) is 9.43. The first-order chi connectivity index (χ1) is 14.4. The van der Waals surface area contributed by atoms with E-state index in [0.717, 1.165) is 5.56 Å². The van der Waals surface area contributed by atoms with E-state index < -0.39 is 18.0 Å². The molecule has 2 aromatic rings. The minimum atomic E-state index is -0.671. The van der Waals surface area contributed by atoms with Crippen molar-refractivity contribution < 1.29 is 23.8 Å². The number of ether oxygens (including phenoxy) is 3. The summed E-state index contributed by atoms with van der Waals surface area (Å²) in [7, 11) is 1.30. The zero-order chi connectivity index (χ0) is 21.7. The largest absolute Gasteiger partial charge is 0.490 e. The maximum absolute atomic E-state index is 12.3. The van der Waals surface area contributed by atoms with Crippen LogP contribution in [0.15, 0.2) is 53.7 Å². The monoisotopic (exact) mass is 430 g/mol. The van der Waals surface area contributed by atoms with Crippen LogP contribution in [0.1, 0.15) is 31.0 Å². The topological polar surface area (TPSA) is 85.9 Å². The van der Waals surface area contributed by atoms with Crippen LogP contribution in [0.2, 0.25) is 5.02 Å². The van der Waals surface area contributed by atoms with Gasteiger partial charge in [0.25, 0.3) is 0 Å². The van der Waals surface area contributed by atoms with Gasteiger partial charge in [0, 0.05) is 10.7 Å². The van der Waals surface area contributed by atoms with Crippen molar-refractivity contribution >= 4 is 23.6 Å². The van der Waals surface area contributed by atoms with E-state index in [1.807, 2.05) is 19.1 Å². The van der Waals surface area contributed by atoms with Crippen molar-refractivity contribution in [3.05, 3.63) is 69.9 Å². The second kappa shape index (κ2) is 9.54.